The zero-order valence-corrected chi connectivity index (χ0v) is 12.7. The van der Waals surface area contributed by atoms with Crippen molar-refractivity contribution in [2.45, 2.75) is 13.0 Å². The minimum absolute atomic E-state index is 0.969. The number of benzene rings is 1. The summed E-state index contributed by atoms with van der Waals surface area (Å²) in [5.41, 5.74) is 1.26. The predicted octanol–water partition coefficient (Wildman–Crippen LogP) is 2.60. The summed E-state index contributed by atoms with van der Waals surface area (Å²) in [6.45, 7) is 5.62. The van der Waals surface area contributed by atoms with Crippen molar-refractivity contribution < 1.29 is 4.74 Å². The molecule has 1 aliphatic rings. The van der Waals surface area contributed by atoms with Gasteiger partial charge in [0.05, 0.1) is 7.11 Å². The van der Waals surface area contributed by atoms with Gasteiger partial charge in [0.1, 0.15) is 5.75 Å². The van der Waals surface area contributed by atoms with E-state index in [9.17, 15) is 0 Å². The molecule has 1 aliphatic heterocycles. The summed E-state index contributed by atoms with van der Waals surface area (Å²) in [5, 5.41) is 0. The van der Waals surface area contributed by atoms with Gasteiger partial charge in [-0.25, -0.2) is 0 Å². The minimum Gasteiger partial charge on any atom is -0.496 e. The van der Waals surface area contributed by atoms with E-state index in [1.54, 1.807) is 7.11 Å². The number of ether oxygens (including phenoxy) is 1. The number of hydrogen-bond donors (Lipinski definition) is 0. The first kappa shape index (κ1) is 13.8. The molecule has 0 bridgehead atoms. The molecular formula is C14H21BrN2O. The number of nitrogens with zero attached hydrogens (tertiary/aromatic N) is 2. The molecule has 0 amide bonds. The van der Waals surface area contributed by atoms with Crippen molar-refractivity contribution in [3.8, 4) is 5.75 Å². The molecule has 0 atom stereocenters. The van der Waals surface area contributed by atoms with Crippen LogP contribution in [0.5, 0.6) is 5.75 Å². The summed E-state index contributed by atoms with van der Waals surface area (Å²) >= 11 is 3.53. The smallest absolute Gasteiger partial charge is 0.123 e. The molecule has 18 heavy (non-hydrogen) atoms. The fourth-order valence-corrected chi connectivity index (χ4v) is 2.78. The van der Waals surface area contributed by atoms with Crippen molar-refractivity contribution >= 4 is 15.9 Å². The van der Waals surface area contributed by atoms with Crippen molar-refractivity contribution in [2.75, 3.05) is 40.3 Å². The zero-order valence-electron chi connectivity index (χ0n) is 11.2. The molecule has 1 fully saturated rings. The third-order valence-electron chi connectivity index (χ3n) is 3.45. The van der Waals surface area contributed by atoms with E-state index in [2.05, 4.69) is 38.8 Å². The first-order chi connectivity index (χ1) is 8.69. The topological polar surface area (TPSA) is 15.7 Å². The summed E-state index contributed by atoms with van der Waals surface area (Å²) < 4.78 is 6.55. The van der Waals surface area contributed by atoms with Crippen LogP contribution >= 0.6 is 15.9 Å². The number of likely N-dealkylation sites (N-methyl/N-ethyl adjacent to an activating group) is 1. The second kappa shape index (κ2) is 6.55. The maximum Gasteiger partial charge on any atom is 0.123 e. The van der Waals surface area contributed by atoms with Crippen molar-refractivity contribution in [1.82, 2.24) is 9.80 Å². The number of hydrogen-bond acceptors (Lipinski definition) is 3. The molecule has 1 saturated heterocycles. The molecular weight excluding hydrogens is 292 g/mol. The van der Waals surface area contributed by atoms with Crippen LogP contribution in [0.25, 0.3) is 0 Å². The Balaban J connectivity index is 2.05. The fraction of sp³-hybridized carbons (Fsp3) is 0.571. The molecule has 4 heteroatoms. The molecule has 1 aromatic rings. The molecule has 100 valence electrons. The maximum atomic E-state index is 5.44. The van der Waals surface area contributed by atoms with Gasteiger partial charge in [-0.1, -0.05) is 15.9 Å². The van der Waals surface area contributed by atoms with Crippen LogP contribution in [0.3, 0.4) is 0 Å². The summed E-state index contributed by atoms with van der Waals surface area (Å²) in [5.74, 6) is 0.982. The van der Waals surface area contributed by atoms with Gasteiger partial charge in [-0.2, -0.15) is 0 Å². The van der Waals surface area contributed by atoms with E-state index >= 15 is 0 Å². The zero-order chi connectivity index (χ0) is 13.0. The first-order valence-corrected chi connectivity index (χ1v) is 7.21. The molecule has 0 spiro atoms. The lowest BCUT2D eigenvalue weighted by Crippen LogP contribution is -2.28. The Morgan fingerprint density at radius 2 is 2.06 bits per heavy atom. The second-order valence-corrected chi connectivity index (χ2v) is 5.80. The van der Waals surface area contributed by atoms with Crippen LogP contribution in [0.1, 0.15) is 12.0 Å². The fourth-order valence-electron chi connectivity index (χ4n) is 2.37. The molecule has 0 aliphatic carbocycles. The average Bonchev–Trinajstić information content (AvgIpc) is 2.55. The first-order valence-electron chi connectivity index (χ1n) is 6.42. The van der Waals surface area contributed by atoms with Gasteiger partial charge in [0.25, 0.3) is 0 Å². The van der Waals surface area contributed by atoms with E-state index in [1.165, 1.54) is 25.1 Å². The molecule has 1 heterocycles. The quantitative estimate of drug-likeness (QED) is 0.853. The minimum atomic E-state index is 0.969. The van der Waals surface area contributed by atoms with Gasteiger partial charge >= 0.3 is 0 Å². The number of rotatable bonds is 3. The average molecular weight is 313 g/mol. The Morgan fingerprint density at radius 1 is 1.22 bits per heavy atom. The molecule has 1 aromatic carbocycles. The summed E-state index contributed by atoms with van der Waals surface area (Å²) in [6, 6.07) is 6.22. The third-order valence-corrected chi connectivity index (χ3v) is 3.94. The lowest BCUT2D eigenvalue weighted by molar-refractivity contribution is 0.265. The van der Waals surface area contributed by atoms with Crippen molar-refractivity contribution in [2.24, 2.45) is 0 Å². The van der Waals surface area contributed by atoms with Crippen molar-refractivity contribution in [1.29, 1.82) is 0 Å². The van der Waals surface area contributed by atoms with Gasteiger partial charge in [-0.05, 0) is 44.8 Å². The van der Waals surface area contributed by atoms with E-state index < -0.39 is 0 Å². The lowest BCUT2D eigenvalue weighted by atomic mass is 10.2. The van der Waals surface area contributed by atoms with Crippen molar-refractivity contribution in [3.05, 3.63) is 28.2 Å². The van der Waals surface area contributed by atoms with Crippen LogP contribution in [0.4, 0.5) is 0 Å². The Morgan fingerprint density at radius 3 is 2.83 bits per heavy atom. The van der Waals surface area contributed by atoms with E-state index in [0.717, 1.165) is 29.9 Å². The largest absolute Gasteiger partial charge is 0.496 e. The standard InChI is InChI=1S/C14H21BrN2O/c1-16-6-3-7-17(9-8-16)11-12-10-13(15)4-5-14(12)18-2/h4-5,10H,3,6-9,11H2,1-2H3. The lowest BCUT2D eigenvalue weighted by Gasteiger charge is -2.21. The SMILES string of the molecule is COc1ccc(Br)cc1CN1CCCN(C)CC1. The van der Waals surface area contributed by atoms with Crippen LogP contribution in [-0.4, -0.2) is 50.1 Å². The predicted molar refractivity (Wildman–Crippen MR) is 78.1 cm³/mol. The van der Waals surface area contributed by atoms with Crippen LogP contribution in [-0.2, 0) is 6.54 Å². The van der Waals surface area contributed by atoms with Gasteiger partial charge in [0, 0.05) is 29.7 Å². The highest BCUT2D eigenvalue weighted by Crippen LogP contribution is 2.24. The normalized spacial score (nSPS) is 18.6. The van der Waals surface area contributed by atoms with E-state index in [-0.39, 0.29) is 0 Å². The Bertz CT molecular complexity index is 397. The van der Waals surface area contributed by atoms with Gasteiger partial charge in [-0.3, -0.25) is 4.90 Å². The van der Waals surface area contributed by atoms with Crippen molar-refractivity contribution in [3.63, 3.8) is 0 Å². The molecule has 0 unspecified atom stereocenters. The van der Waals surface area contributed by atoms with Gasteiger partial charge in [-0.15, -0.1) is 0 Å². The van der Waals surface area contributed by atoms with E-state index in [1.807, 2.05) is 12.1 Å². The summed E-state index contributed by atoms with van der Waals surface area (Å²) in [7, 11) is 3.94. The van der Waals surface area contributed by atoms with Crippen LogP contribution in [0, 0.1) is 0 Å². The summed E-state index contributed by atoms with van der Waals surface area (Å²) in [4.78, 5) is 4.91. The van der Waals surface area contributed by atoms with Gasteiger partial charge in [0.15, 0.2) is 0 Å². The van der Waals surface area contributed by atoms with E-state index in [0.29, 0.717) is 0 Å². The number of halogens is 1. The highest BCUT2D eigenvalue weighted by Gasteiger charge is 2.14. The number of methoxy groups -OCH3 is 1. The Hall–Kier alpha value is -0.580. The van der Waals surface area contributed by atoms with E-state index in [4.69, 9.17) is 4.74 Å². The molecule has 0 saturated carbocycles. The highest BCUT2D eigenvalue weighted by molar-refractivity contribution is 9.10. The van der Waals surface area contributed by atoms with Crippen LogP contribution < -0.4 is 4.74 Å². The molecule has 3 nitrogen and oxygen atoms in total. The maximum absolute atomic E-state index is 5.44. The molecule has 2 rings (SSSR count). The van der Waals surface area contributed by atoms with Crippen LogP contribution in [0.2, 0.25) is 0 Å². The van der Waals surface area contributed by atoms with Crippen LogP contribution in [0.15, 0.2) is 22.7 Å². The highest BCUT2D eigenvalue weighted by atomic mass is 79.9. The second-order valence-electron chi connectivity index (χ2n) is 4.89. The van der Waals surface area contributed by atoms with Gasteiger partial charge in [0.2, 0.25) is 0 Å². The third kappa shape index (κ3) is 3.70. The Kier molecular flexibility index (Phi) is 5.03. The summed E-state index contributed by atoms with van der Waals surface area (Å²) in [6.07, 6.45) is 1.24. The Labute approximate surface area is 118 Å². The molecule has 0 N–H and O–H groups in total. The molecule has 0 aromatic heterocycles. The van der Waals surface area contributed by atoms with Gasteiger partial charge < -0.3 is 9.64 Å². The molecule has 0 radical (unpaired) electrons. The monoisotopic (exact) mass is 312 g/mol.